The van der Waals surface area contributed by atoms with Crippen LogP contribution >= 0.6 is 11.3 Å². The normalized spacial score (nSPS) is 17.3. The molecular weight excluding hydrogens is 476 g/mol. The second-order valence-electron chi connectivity index (χ2n) is 8.59. The van der Waals surface area contributed by atoms with Gasteiger partial charge in [-0.2, -0.15) is 0 Å². The number of hydrogen-bond donors (Lipinski definition) is 2. The Morgan fingerprint density at radius 1 is 1.29 bits per heavy atom. The highest BCUT2D eigenvalue weighted by molar-refractivity contribution is 7.18. The third kappa shape index (κ3) is 5.19. The van der Waals surface area contributed by atoms with Gasteiger partial charge in [0.2, 0.25) is 11.7 Å². The van der Waals surface area contributed by atoms with Crippen LogP contribution in [0.1, 0.15) is 13.8 Å². The SMILES string of the molecule is CN(c1ccc(F)cc1)c1ncc(-c2nc(NCCN3CNC(C(=O)C=O)C3(C)C)ncc2F)s1. The van der Waals surface area contributed by atoms with E-state index in [1.807, 2.05) is 18.7 Å². The summed E-state index contributed by atoms with van der Waals surface area (Å²) < 4.78 is 27.8. The van der Waals surface area contributed by atoms with Crippen LogP contribution in [0.25, 0.3) is 10.6 Å². The fourth-order valence-corrected chi connectivity index (χ4v) is 4.84. The molecule has 1 aliphatic heterocycles. The highest BCUT2D eigenvalue weighted by Gasteiger charge is 2.44. The van der Waals surface area contributed by atoms with Gasteiger partial charge in [-0.15, -0.1) is 0 Å². The lowest BCUT2D eigenvalue weighted by Crippen LogP contribution is -2.51. The quantitative estimate of drug-likeness (QED) is 0.338. The predicted octanol–water partition coefficient (Wildman–Crippen LogP) is 2.84. The highest BCUT2D eigenvalue weighted by Crippen LogP contribution is 2.34. The van der Waals surface area contributed by atoms with E-state index in [0.29, 0.717) is 36.1 Å². The average molecular weight is 502 g/mol. The van der Waals surface area contributed by atoms with Crippen molar-refractivity contribution in [2.75, 3.05) is 37.0 Å². The molecule has 9 nitrogen and oxygen atoms in total. The number of hydrogen-bond acceptors (Lipinski definition) is 10. The molecule has 1 unspecified atom stereocenters. The fraction of sp³-hybridized carbons (Fsp3) is 0.348. The first-order chi connectivity index (χ1) is 16.7. The molecule has 0 aliphatic carbocycles. The van der Waals surface area contributed by atoms with Gasteiger partial charge in [0.15, 0.2) is 17.2 Å². The minimum atomic E-state index is -0.574. The largest absolute Gasteiger partial charge is 0.353 e. The molecule has 1 atom stereocenters. The van der Waals surface area contributed by atoms with E-state index in [-0.39, 0.29) is 17.5 Å². The summed E-state index contributed by atoms with van der Waals surface area (Å²) in [4.78, 5) is 39.8. The summed E-state index contributed by atoms with van der Waals surface area (Å²) in [5, 5.41) is 6.76. The van der Waals surface area contributed by atoms with Crippen LogP contribution in [-0.2, 0) is 9.59 Å². The monoisotopic (exact) mass is 501 g/mol. The van der Waals surface area contributed by atoms with Gasteiger partial charge in [0.05, 0.1) is 17.1 Å². The molecule has 3 heterocycles. The van der Waals surface area contributed by atoms with E-state index in [2.05, 4.69) is 25.6 Å². The van der Waals surface area contributed by atoms with Gasteiger partial charge in [0, 0.05) is 44.2 Å². The van der Waals surface area contributed by atoms with Crippen LogP contribution in [0, 0.1) is 11.6 Å². The number of halogens is 2. The molecule has 184 valence electrons. The molecule has 12 heteroatoms. The van der Waals surface area contributed by atoms with Crippen molar-refractivity contribution in [2.24, 2.45) is 0 Å². The molecule has 0 spiro atoms. The molecule has 3 aromatic rings. The van der Waals surface area contributed by atoms with E-state index in [9.17, 15) is 18.4 Å². The second kappa shape index (κ2) is 10.1. The molecule has 1 aliphatic rings. The van der Waals surface area contributed by atoms with Crippen LogP contribution in [0.2, 0.25) is 0 Å². The van der Waals surface area contributed by atoms with Gasteiger partial charge in [0.25, 0.3) is 0 Å². The molecule has 0 amide bonds. The van der Waals surface area contributed by atoms with Crippen molar-refractivity contribution in [1.29, 1.82) is 0 Å². The molecule has 0 saturated carbocycles. The topological polar surface area (TPSA) is 103 Å². The Bertz CT molecular complexity index is 1220. The van der Waals surface area contributed by atoms with Crippen LogP contribution in [0.5, 0.6) is 0 Å². The average Bonchev–Trinajstić information content (AvgIpc) is 3.44. The van der Waals surface area contributed by atoms with Crippen molar-refractivity contribution >= 4 is 40.2 Å². The molecule has 0 bridgehead atoms. The Kier molecular flexibility index (Phi) is 7.15. The molecule has 1 saturated heterocycles. The van der Waals surface area contributed by atoms with E-state index in [1.54, 1.807) is 24.1 Å². The lowest BCUT2D eigenvalue weighted by molar-refractivity contribution is -0.132. The zero-order valence-corrected chi connectivity index (χ0v) is 20.3. The van der Waals surface area contributed by atoms with Crippen molar-refractivity contribution in [3.63, 3.8) is 0 Å². The molecule has 0 radical (unpaired) electrons. The number of rotatable bonds is 9. The third-order valence-corrected chi connectivity index (χ3v) is 7.13. The first-order valence-corrected chi connectivity index (χ1v) is 11.7. The number of nitrogens with one attached hydrogen (secondary N) is 2. The van der Waals surface area contributed by atoms with Gasteiger partial charge in [-0.1, -0.05) is 11.3 Å². The number of thiazole rings is 1. The maximum Gasteiger partial charge on any atom is 0.223 e. The first kappa shape index (κ1) is 24.8. The zero-order valence-electron chi connectivity index (χ0n) is 19.5. The fourth-order valence-electron chi connectivity index (χ4n) is 3.95. The van der Waals surface area contributed by atoms with Gasteiger partial charge < -0.3 is 10.2 Å². The second-order valence-corrected chi connectivity index (χ2v) is 9.60. The number of carbonyl (C=O) groups excluding carboxylic acids is 2. The minimum Gasteiger partial charge on any atom is -0.353 e. The predicted molar refractivity (Wildman–Crippen MR) is 130 cm³/mol. The number of nitrogens with zero attached hydrogens (tertiary/aromatic N) is 5. The number of aldehydes is 1. The Labute approximate surface area is 205 Å². The molecule has 2 aromatic heterocycles. The number of benzene rings is 1. The van der Waals surface area contributed by atoms with E-state index < -0.39 is 23.2 Å². The summed E-state index contributed by atoms with van der Waals surface area (Å²) in [5.74, 6) is -1.13. The van der Waals surface area contributed by atoms with E-state index in [4.69, 9.17) is 0 Å². The van der Waals surface area contributed by atoms with Crippen LogP contribution < -0.4 is 15.5 Å². The Morgan fingerprint density at radius 2 is 2.03 bits per heavy atom. The van der Waals surface area contributed by atoms with Gasteiger partial charge in [0.1, 0.15) is 11.5 Å². The molecular formula is C23H25F2N7O2S. The first-order valence-electron chi connectivity index (χ1n) is 10.9. The maximum absolute atomic E-state index is 14.5. The highest BCUT2D eigenvalue weighted by atomic mass is 32.1. The van der Waals surface area contributed by atoms with Crippen LogP contribution in [0.3, 0.4) is 0 Å². The smallest absolute Gasteiger partial charge is 0.223 e. The van der Waals surface area contributed by atoms with Crippen molar-refractivity contribution in [3.8, 4) is 10.6 Å². The number of ketones is 1. The molecule has 1 aromatic carbocycles. The van der Waals surface area contributed by atoms with Crippen molar-refractivity contribution < 1.29 is 18.4 Å². The molecule has 35 heavy (non-hydrogen) atoms. The maximum atomic E-state index is 14.5. The summed E-state index contributed by atoms with van der Waals surface area (Å²) in [6.45, 7) is 5.25. The van der Waals surface area contributed by atoms with Gasteiger partial charge in [-0.25, -0.2) is 23.7 Å². The molecule has 2 N–H and O–H groups in total. The van der Waals surface area contributed by atoms with Crippen molar-refractivity contribution in [2.45, 2.75) is 25.4 Å². The lowest BCUT2D eigenvalue weighted by Gasteiger charge is -2.33. The minimum absolute atomic E-state index is 0.124. The summed E-state index contributed by atoms with van der Waals surface area (Å²) in [7, 11) is 1.79. The van der Waals surface area contributed by atoms with Crippen LogP contribution in [0.4, 0.5) is 25.5 Å². The van der Waals surface area contributed by atoms with Gasteiger partial charge >= 0.3 is 0 Å². The molecule has 1 fully saturated rings. The Morgan fingerprint density at radius 3 is 2.74 bits per heavy atom. The summed E-state index contributed by atoms with van der Waals surface area (Å²) >= 11 is 1.25. The summed E-state index contributed by atoms with van der Waals surface area (Å²) in [5.41, 5.74) is 0.331. The van der Waals surface area contributed by atoms with Crippen molar-refractivity contribution in [1.82, 2.24) is 25.2 Å². The number of aromatic nitrogens is 3. The van der Waals surface area contributed by atoms with Crippen molar-refractivity contribution in [3.05, 3.63) is 48.3 Å². The van der Waals surface area contributed by atoms with Gasteiger partial charge in [-0.05, 0) is 38.1 Å². The Balaban J connectivity index is 1.42. The van der Waals surface area contributed by atoms with E-state index in [1.165, 1.54) is 29.7 Å². The number of Topliss-reactive ketones (excluding diaryl/α,β-unsaturated/α-hetero) is 1. The zero-order chi connectivity index (χ0) is 25.2. The van der Waals surface area contributed by atoms with Crippen LogP contribution in [-0.4, -0.2) is 70.3 Å². The van der Waals surface area contributed by atoms with E-state index in [0.717, 1.165) is 11.9 Å². The van der Waals surface area contributed by atoms with Crippen LogP contribution in [0.15, 0.2) is 36.7 Å². The summed E-state index contributed by atoms with van der Waals surface area (Å²) in [6.07, 6.45) is 2.99. The Hall–Kier alpha value is -3.35. The van der Waals surface area contributed by atoms with Gasteiger partial charge in [-0.3, -0.25) is 19.8 Å². The lowest BCUT2D eigenvalue weighted by atomic mass is 9.92. The van der Waals surface area contributed by atoms with E-state index >= 15 is 0 Å². The molecule has 4 rings (SSSR count). The number of anilines is 3. The standard InChI is InChI=1S/C23H25F2N7O2S/c1-23(2)20(17(34)12-33)29-13-32(23)9-8-26-21-27-10-16(25)19(30-21)18-11-28-22(35-18)31(3)15-6-4-14(24)5-7-15/h4-7,10-12,20,29H,8-9,13H2,1-3H3,(H,26,27,30). The summed E-state index contributed by atoms with van der Waals surface area (Å²) in [6, 6.07) is 5.43. The third-order valence-electron chi connectivity index (χ3n) is 6.05. The number of carbonyl (C=O) groups is 2.